The van der Waals surface area contributed by atoms with E-state index in [2.05, 4.69) is 0 Å². The van der Waals surface area contributed by atoms with Gasteiger partial charge in [0.15, 0.2) is 0 Å². The van der Waals surface area contributed by atoms with Gasteiger partial charge in [0.2, 0.25) is 0 Å². The first-order valence-corrected chi connectivity index (χ1v) is 7.59. The number of carbonyl (C=O) groups is 1. The largest absolute Gasteiger partial charge is 0.493 e. The van der Waals surface area contributed by atoms with Crippen molar-refractivity contribution in [2.75, 3.05) is 6.61 Å². The molecule has 0 radical (unpaired) electrons. The molecule has 1 aromatic rings. The Labute approximate surface area is 121 Å². The molecule has 0 unspecified atom stereocenters. The van der Waals surface area contributed by atoms with Crippen LogP contribution in [-0.4, -0.2) is 17.7 Å². The van der Waals surface area contributed by atoms with Gasteiger partial charge in [0.05, 0.1) is 12.5 Å². The zero-order chi connectivity index (χ0) is 14.4. The highest BCUT2D eigenvalue weighted by Crippen LogP contribution is 2.24. The lowest BCUT2D eigenvalue weighted by molar-refractivity contribution is -0.141. The first kappa shape index (κ1) is 14.9. The zero-order valence-electron chi connectivity index (χ0n) is 12.2. The Morgan fingerprint density at radius 2 is 1.90 bits per heavy atom. The Kier molecular flexibility index (Phi) is 5.45. The zero-order valence-corrected chi connectivity index (χ0v) is 12.2. The molecule has 3 heteroatoms. The Bertz CT molecular complexity index is 418. The summed E-state index contributed by atoms with van der Waals surface area (Å²) in [6, 6.07) is 7.84. The Balaban J connectivity index is 1.80. The van der Waals surface area contributed by atoms with Gasteiger partial charge in [-0.05, 0) is 42.9 Å². The summed E-state index contributed by atoms with van der Waals surface area (Å²) < 4.78 is 5.84. The molecular formula is C17H24O3. The normalized spacial score (nSPS) is 17.6. The van der Waals surface area contributed by atoms with E-state index in [1.165, 1.54) is 32.1 Å². The number of rotatable bonds is 6. The molecule has 1 N–H and O–H groups in total. The summed E-state index contributed by atoms with van der Waals surface area (Å²) in [6.07, 6.45) is 7.17. The molecule has 0 aromatic heterocycles. The molecule has 20 heavy (non-hydrogen) atoms. The van der Waals surface area contributed by atoms with E-state index in [1.54, 1.807) is 6.92 Å². The van der Waals surface area contributed by atoms with Crippen molar-refractivity contribution in [2.45, 2.75) is 45.4 Å². The SMILES string of the molecule is C[C@@H](Cc1ccc(OCC2CCCCC2)cc1)C(=O)O. The van der Waals surface area contributed by atoms with Crippen LogP contribution in [0.2, 0.25) is 0 Å². The molecule has 110 valence electrons. The third kappa shape index (κ3) is 4.55. The highest BCUT2D eigenvalue weighted by molar-refractivity contribution is 5.69. The van der Waals surface area contributed by atoms with Crippen molar-refractivity contribution in [3.05, 3.63) is 29.8 Å². The van der Waals surface area contributed by atoms with E-state index < -0.39 is 5.97 Å². The van der Waals surface area contributed by atoms with Gasteiger partial charge in [0, 0.05) is 0 Å². The average Bonchev–Trinajstić information content (AvgIpc) is 2.47. The maximum atomic E-state index is 10.8. The molecule has 1 aliphatic rings. The molecule has 1 aromatic carbocycles. The number of hydrogen-bond acceptors (Lipinski definition) is 2. The number of benzene rings is 1. The summed E-state index contributed by atoms with van der Waals surface area (Å²) in [5.74, 6) is 0.504. The fourth-order valence-corrected chi connectivity index (χ4v) is 2.73. The smallest absolute Gasteiger partial charge is 0.306 e. The molecule has 0 spiro atoms. The second-order valence-electron chi connectivity index (χ2n) is 5.90. The predicted molar refractivity (Wildman–Crippen MR) is 79.0 cm³/mol. The van der Waals surface area contributed by atoms with E-state index in [1.807, 2.05) is 24.3 Å². The van der Waals surface area contributed by atoms with Crippen LogP contribution in [0.15, 0.2) is 24.3 Å². The summed E-state index contributed by atoms with van der Waals surface area (Å²) in [5, 5.41) is 8.90. The van der Waals surface area contributed by atoms with Gasteiger partial charge in [-0.1, -0.05) is 38.3 Å². The van der Waals surface area contributed by atoms with Crippen molar-refractivity contribution in [2.24, 2.45) is 11.8 Å². The van der Waals surface area contributed by atoms with Crippen molar-refractivity contribution < 1.29 is 14.6 Å². The number of ether oxygens (including phenoxy) is 1. The third-order valence-corrected chi connectivity index (χ3v) is 4.10. The summed E-state index contributed by atoms with van der Waals surface area (Å²) in [4.78, 5) is 10.8. The van der Waals surface area contributed by atoms with E-state index in [4.69, 9.17) is 9.84 Å². The molecule has 0 heterocycles. The van der Waals surface area contributed by atoms with Crippen LogP contribution in [0.25, 0.3) is 0 Å². The standard InChI is InChI=1S/C17H24O3/c1-13(17(18)19)11-14-7-9-16(10-8-14)20-12-15-5-3-2-4-6-15/h7-10,13,15H,2-6,11-12H2,1H3,(H,18,19)/t13-/m0/s1. The van der Waals surface area contributed by atoms with Crippen molar-refractivity contribution in [1.29, 1.82) is 0 Å². The van der Waals surface area contributed by atoms with E-state index in [0.717, 1.165) is 17.9 Å². The highest BCUT2D eigenvalue weighted by atomic mass is 16.5. The van der Waals surface area contributed by atoms with Gasteiger partial charge in [0.1, 0.15) is 5.75 Å². The van der Waals surface area contributed by atoms with Crippen LogP contribution >= 0.6 is 0 Å². The van der Waals surface area contributed by atoms with Crippen LogP contribution in [0.4, 0.5) is 0 Å². The first-order chi connectivity index (χ1) is 9.65. The minimum atomic E-state index is -0.748. The second-order valence-corrected chi connectivity index (χ2v) is 5.90. The second kappa shape index (κ2) is 7.32. The molecule has 2 rings (SSSR count). The molecule has 1 atom stereocenters. The van der Waals surface area contributed by atoms with Crippen LogP contribution in [-0.2, 0) is 11.2 Å². The lowest BCUT2D eigenvalue weighted by Crippen LogP contribution is -2.15. The molecule has 0 bridgehead atoms. The van der Waals surface area contributed by atoms with Gasteiger partial charge in [-0.2, -0.15) is 0 Å². The fourth-order valence-electron chi connectivity index (χ4n) is 2.73. The lowest BCUT2D eigenvalue weighted by Gasteiger charge is -2.21. The van der Waals surface area contributed by atoms with Crippen LogP contribution in [0.5, 0.6) is 5.75 Å². The molecule has 1 saturated carbocycles. The average molecular weight is 276 g/mol. The van der Waals surface area contributed by atoms with Crippen LogP contribution in [0, 0.1) is 11.8 Å². The number of hydrogen-bond donors (Lipinski definition) is 1. The Morgan fingerprint density at radius 3 is 2.50 bits per heavy atom. The van der Waals surface area contributed by atoms with Gasteiger partial charge in [0.25, 0.3) is 0 Å². The maximum absolute atomic E-state index is 10.8. The quantitative estimate of drug-likeness (QED) is 0.857. The van der Waals surface area contributed by atoms with E-state index in [9.17, 15) is 4.79 Å². The first-order valence-electron chi connectivity index (χ1n) is 7.59. The van der Waals surface area contributed by atoms with Crippen LogP contribution in [0.1, 0.15) is 44.6 Å². The predicted octanol–water partition coefficient (Wildman–Crippen LogP) is 3.91. The van der Waals surface area contributed by atoms with Crippen LogP contribution < -0.4 is 4.74 Å². The summed E-state index contributed by atoms with van der Waals surface area (Å²) >= 11 is 0. The van der Waals surface area contributed by atoms with Gasteiger partial charge >= 0.3 is 5.97 Å². The minimum absolute atomic E-state index is 0.344. The van der Waals surface area contributed by atoms with Gasteiger partial charge < -0.3 is 9.84 Å². The summed E-state index contributed by atoms with van der Waals surface area (Å²) in [5.41, 5.74) is 1.05. The Morgan fingerprint density at radius 1 is 1.25 bits per heavy atom. The third-order valence-electron chi connectivity index (χ3n) is 4.10. The lowest BCUT2D eigenvalue weighted by atomic mass is 9.90. The topological polar surface area (TPSA) is 46.5 Å². The van der Waals surface area contributed by atoms with E-state index in [0.29, 0.717) is 12.3 Å². The van der Waals surface area contributed by atoms with E-state index in [-0.39, 0.29) is 5.92 Å². The number of carboxylic acid groups (broad SMARTS) is 1. The highest BCUT2D eigenvalue weighted by Gasteiger charge is 2.14. The van der Waals surface area contributed by atoms with Crippen LogP contribution in [0.3, 0.4) is 0 Å². The van der Waals surface area contributed by atoms with Crippen molar-refractivity contribution in [1.82, 2.24) is 0 Å². The van der Waals surface area contributed by atoms with Crippen molar-refractivity contribution >= 4 is 5.97 Å². The number of aliphatic carboxylic acids is 1. The molecule has 0 amide bonds. The van der Waals surface area contributed by atoms with Crippen molar-refractivity contribution in [3.8, 4) is 5.75 Å². The van der Waals surface area contributed by atoms with Gasteiger partial charge in [-0.15, -0.1) is 0 Å². The summed E-state index contributed by atoms with van der Waals surface area (Å²) in [6.45, 7) is 2.54. The molecule has 0 aliphatic heterocycles. The molecule has 3 nitrogen and oxygen atoms in total. The Hall–Kier alpha value is -1.51. The molecule has 1 aliphatic carbocycles. The van der Waals surface area contributed by atoms with Crippen molar-refractivity contribution in [3.63, 3.8) is 0 Å². The molecule has 0 saturated heterocycles. The minimum Gasteiger partial charge on any atom is -0.493 e. The molecule has 1 fully saturated rings. The fraction of sp³-hybridized carbons (Fsp3) is 0.588. The van der Waals surface area contributed by atoms with E-state index >= 15 is 0 Å². The maximum Gasteiger partial charge on any atom is 0.306 e. The van der Waals surface area contributed by atoms with Gasteiger partial charge in [-0.3, -0.25) is 4.79 Å². The molecular weight excluding hydrogens is 252 g/mol. The monoisotopic (exact) mass is 276 g/mol. The van der Waals surface area contributed by atoms with Gasteiger partial charge in [-0.25, -0.2) is 0 Å². The number of carboxylic acids is 1. The summed E-state index contributed by atoms with van der Waals surface area (Å²) in [7, 11) is 0.